The van der Waals surface area contributed by atoms with E-state index in [2.05, 4.69) is 68.7 Å². The van der Waals surface area contributed by atoms with Gasteiger partial charge in [-0.3, -0.25) is 15.2 Å². The Morgan fingerprint density at radius 3 is 2.52 bits per heavy atom. The number of benzene rings is 4. The Labute approximate surface area is 325 Å². The van der Waals surface area contributed by atoms with E-state index in [-0.39, 0.29) is 5.41 Å². The fourth-order valence-electron chi connectivity index (χ4n) is 6.72. The van der Waals surface area contributed by atoms with Crippen LogP contribution in [0.5, 0.6) is 17.4 Å². The summed E-state index contributed by atoms with van der Waals surface area (Å²) in [7, 11) is 0. The van der Waals surface area contributed by atoms with Crippen molar-refractivity contribution in [2.24, 2.45) is 4.99 Å². The van der Waals surface area contributed by atoms with Crippen molar-refractivity contribution < 1.29 is 19.0 Å². The minimum absolute atomic E-state index is 0.247. The molecule has 6 aromatic rings. The van der Waals surface area contributed by atoms with E-state index in [9.17, 15) is 4.79 Å². The second kappa shape index (κ2) is 15.8. The largest absolute Gasteiger partial charge is 0.492 e. The van der Waals surface area contributed by atoms with Gasteiger partial charge in [0, 0.05) is 71.1 Å². The number of carbonyl (C=O) groups is 1. The predicted molar refractivity (Wildman–Crippen MR) is 219 cm³/mol. The van der Waals surface area contributed by atoms with Crippen molar-refractivity contribution in [2.45, 2.75) is 39.7 Å². The lowest BCUT2D eigenvalue weighted by Gasteiger charge is -2.26. The quantitative estimate of drug-likeness (QED) is 0.119. The molecule has 0 saturated carbocycles. The lowest BCUT2D eigenvalue weighted by Crippen LogP contribution is -2.38. The Kier molecular flexibility index (Phi) is 10.3. The number of aromatic nitrogens is 4. The zero-order valence-corrected chi connectivity index (χ0v) is 32.0. The van der Waals surface area contributed by atoms with Gasteiger partial charge in [0.05, 0.1) is 36.8 Å². The number of urea groups is 1. The third-order valence-corrected chi connectivity index (χ3v) is 9.80. The number of rotatable bonds is 11. The summed E-state index contributed by atoms with van der Waals surface area (Å²) in [4.78, 5) is 29.5. The Morgan fingerprint density at radius 1 is 0.911 bits per heavy atom. The van der Waals surface area contributed by atoms with E-state index in [4.69, 9.17) is 19.3 Å². The van der Waals surface area contributed by atoms with E-state index in [0.29, 0.717) is 42.2 Å². The average molecular weight is 752 g/mol. The molecule has 8 rings (SSSR count). The highest BCUT2D eigenvalue weighted by molar-refractivity contribution is 6.07. The van der Waals surface area contributed by atoms with Gasteiger partial charge in [0.15, 0.2) is 0 Å². The van der Waals surface area contributed by atoms with E-state index >= 15 is 0 Å². The third-order valence-electron chi connectivity index (χ3n) is 9.80. The zero-order chi connectivity index (χ0) is 38.6. The lowest BCUT2D eigenvalue weighted by molar-refractivity contribution is 0.0322. The van der Waals surface area contributed by atoms with Gasteiger partial charge in [0.2, 0.25) is 11.8 Å². The van der Waals surface area contributed by atoms with Crippen LogP contribution < -0.4 is 25.4 Å². The van der Waals surface area contributed by atoms with Gasteiger partial charge in [-0.15, -0.1) is 0 Å². The first-order valence-electron chi connectivity index (χ1n) is 18.8. The maximum absolute atomic E-state index is 13.7. The minimum Gasteiger partial charge on any atom is -0.492 e. The van der Waals surface area contributed by atoms with Gasteiger partial charge >= 0.3 is 6.03 Å². The SMILES string of the molecule is CC1=NCc2cc(Nc3nccc(Oc4ccc(NC(=O)Nc5cc(C(C)(C)C)nn5-c5ccc(OCCN6CCOCC6)cc5)c5ccccc45)n3)ccc21. The van der Waals surface area contributed by atoms with E-state index in [1.807, 2.05) is 79.7 Å². The van der Waals surface area contributed by atoms with Crippen LogP contribution in [0.2, 0.25) is 0 Å². The molecule has 4 heterocycles. The first kappa shape index (κ1) is 36.7. The van der Waals surface area contributed by atoms with Crippen molar-refractivity contribution in [2.75, 3.05) is 55.4 Å². The fraction of sp³-hybridized carbons (Fsp3) is 0.279. The molecule has 1 saturated heterocycles. The average Bonchev–Trinajstić information content (AvgIpc) is 3.80. The van der Waals surface area contributed by atoms with Crippen molar-refractivity contribution in [1.29, 1.82) is 0 Å². The molecule has 0 atom stereocenters. The van der Waals surface area contributed by atoms with E-state index in [1.165, 1.54) is 11.1 Å². The molecule has 0 unspecified atom stereocenters. The predicted octanol–water partition coefficient (Wildman–Crippen LogP) is 8.33. The summed E-state index contributed by atoms with van der Waals surface area (Å²) in [5, 5.41) is 15.9. The minimum atomic E-state index is -0.409. The van der Waals surface area contributed by atoms with Crippen LogP contribution in [0.15, 0.2) is 102 Å². The maximum atomic E-state index is 13.7. The van der Waals surface area contributed by atoms with Crippen LogP contribution in [0.4, 0.5) is 27.9 Å². The van der Waals surface area contributed by atoms with Crippen LogP contribution in [0.3, 0.4) is 0 Å². The van der Waals surface area contributed by atoms with Crippen molar-refractivity contribution in [3.05, 3.63) is 114 Å². The molecule has 4 aromatic carbocycles. The molecule has 286 valence electrons. The summed E-state index contributed by atoms with van der Waals surface area (Å²) in [6, 6.07) is 28.5. The van der Waals surface area contributed by atoms with E-state index < -0.39 is 6.03 Å². The Morgan fingerprint density at radius 2 is 1.71 bits per heavy atom. The molecule has 56 heavy (non-hydrogen) atoms. The van der Waals surface area contributed by atoms with Crippen LogP contribution in [0.1, 0.15) is 44.5 Å². The highest BCUT2D eigenvalue weighted by Crippen LogP contribution is 2.35. The van der Waals surface area contributed by atoms with E-state index in [1.54, 1.807) is 16.9 Å². The number of hydrogen-bond donors (Lipinski definition) is 3. The number of anilines is 4. The van der Waals surface area contributed by atoms with Gasteiger partial charge in [0.25, 0.3) is 0 Å². The maximum Gasteiger partial charge on any atom is 0.324 e. The normalized spacial score (nSPS) is 14.2. The standard InChI is InChI=1S/C43H45N9O4/c1-28-33-14-9-30(25-29(33)27-45-28)46-41-44-18-17-40(49-41)56-37-16-15-36(34-7-5-6-8-35(34)37)47-42(53)48-39-26-38(43(2,3)4)50-52(39)31-10-12-32(13-11-31)55-24-21-51-19-22-54-23-20-51/h5-18,25-26H,19-24,27H2,1-4H3,(H,44,46,49)(H2,47,48,53). The van der Waals surface area contributed by atoms with Crippen molar-refractivity contribution in [1.82, 2.24) is 24.6 Å². The van der Waals surface area contributed by atoms with Crippen LogP contribution in [0, 0.1) is 0 Å². The van der Waals surface area contributed by atoms with Crippen molar-refractivity contribution in [3.8, 4) is 23.1 Å². The van der Waals surface area contributed by atoms with Gasteiger partial charge in [-0.25, -0.2) is 14.5 Å². The van der Waals surface area contributed by atoms with Crippen LogP contribution in [-0.2, 0) is 16.7 Å². The Balaban J connectivity index is 0.957. The number of aliphatic imine (C=N–C) groups is 1. The Hall–Kier alpha value is -6.31. The number of carbonyl (C=O) groups excluding carboxylic acids is 1. The van der Waals surface area contributed by atoms with Gasteiger partial charge in [-0.1, -0.05) is 51.1 Å². The topological polar surface area (TPSA) is 140 Å². The second-order valence-corrected chi connectivity index (χ2v) is 14.8. The van der Waals surface area contributed by atoms with Gasteiger partial charge in [0.1, 0.15) is 23.9 Å². The molecule has 13 heteroatoms. The molecular weight excluding hydrogens is 707 g/mol. The fourth-order valence-corrected chi connectivity index (χ4v) is 6.72. The molecule has 13 nitrogen and oxygen atoms in total. The smallest absolute Gasteiger partial charge is 0.324 e. The van der Waals surface area contributed by atoms with E-state index in [0.717, 1.165) is 72.2 Å². The number of nitrogens with one attached hydrogen (secondary N) is 3. The number of fused-ring (bicyclic) bond motifs is 2. The molecule has 1 fully saturated rings. The molecule has 2 aliphatic rings. The number of ether oxygens (including phenoxy) is 3. The van der Waals surface area contributed by atoms with Crippen LogP contribution in [-0.4, -0.2) is 75.8 Å². The molecule has 2 aromatic heterocycles. The van der Waals surface area contributed by atoms with Gasteiger partial charge < -0.3 is 24.8 Å². The second-order valence-electron chi connectivity index (χ2n) is 14.8. The van der Waals surface area contributed by atoms with Crippen LogP contribution in [0.25, 0.3) is 16.5 Å². The van der Waals surface area contributed by atoms with Crippen molar-refractivity contribution in [3.63, 3.8) is 0 Å². The summed E-state index contributed by atoms with van der Waals surface area (Å²) < 4.78 is 19.5. The summed E-state index contributed by atoms with van der Waals surface area (Å²) >= 11 is 0. The summed E-state index contributed by atoms with van der Waals surface area (Å²) in [5.41, 5.74) is 6.26. The van der Waals surface area contributed by atoms with Gasteiger partial charge in [-0.2, -0.15) is 10.1 Å². The highest BCUT2D eigenvalue weighted by atomic mass is 16.5. The van der Waals surface area contributed by atoms with Crippen molar-refractivity contribution >= 4 is 45.7 Å². The molecule has 0 aliphatic carbocycles. The molecule has 2 aliphatic heterocycles. The number of nitrogens with zero attached hydrogens (tertiary/aromatic N) is 6. The number of morpholine rings is 1. The third kappa shape index (κ3) is 8.33. The lowest BCUT2D eigenvalue weighted by atomic mass is 9.92. The number of amides is 2. The van der Waals surface area contributed by atoms with Gasteiger partial charge in [-0.05, 0) is 61.0 Å². The molecule has 2 amide bonds. The summed E-state index contributed by atoms with van der Waals surface area (Å²) in [6.45, 7) is 13.8. The molecule has 0 radical (unpaired) electrons. The molecule has 0 spiro atoms. The molecule has 0 bridgehead atoms. The zero-order valence-electron chi connectivity index (χ0n) is 32.0. The Bertz CT molecular complexity index is 2400. The number of hydrogen-bond acceptors (Lipinski definition) is 10. The molecular formula is C43H45N9O4. The summed E-state index contributed by atoms with van der Waals surface area (Å²) in [5.74, 6) is 2.68. The van der Waals surface area contributed by atoms with Crippen LogP contribution >= 0.6 is 0 Å². The first-order chi connectivity index (χ1) is 27.2. The summed E-state index contributed by atoms with van der Waals surface area (Å²) in [6.07, 6.45) is 1.65. The highest BCUT2D eigenvalue weighted by Gasteiger charge is 2.22. The first-order valence-corrected chi connectivity index (χ1v) is 18.8. The monoisotopic (exact) mass is 751 g/mol. The molecule has 3 N–H and O–H groups in total.